The number of carbonyl (C=O) groups excluding carboxylic acids is 1. The lowest BCUT2D eigenvalue weighted by atomic mass is 9.97. The molecule has 1 aliphatic heterocycles. The molecule has 0 unspecified atom stereocenters. The third-order valence-electron chi connectivity index (χ3n) is 5.92. The zero-order valence-electron chi connectivity index (χ0n) is 19.0. The number of aryl methyl sites for hydroxylation is 3. The highest BCUT2D eigenvalue weighted by Gasteiger charge is 2.35. The zero-order chi connectivity index (χ0) is 23.6. The monoisotopic (exact) mass is 472 g/mol. The fraction of sp³-hybridized carbons (Fsp3) is 0.435. The van der Waals surface area contributed by atoms with E-state index in [0.717, 1.165) is 11.3 Å². The average molecular weight is 473 g/mol. The second-order valence-electron chi connectivity index (χ2n) is 8.38. The Morgan fingerprint density at radius 1 is 1.15 bits per heavy atom. The third kappa shape index (κ3) is 5.01. The van der Waals surface area contributed by atoms with E-state index in [1.165, 1.54) is 9.87 Å². The summed E-state index contributed by atoms with van der Waals surface area (Å²) in [5.41, 5.74) is 3.20. The summed E-state index contributed by atoms with van der Waals surface area (Å²) in [4.78, 5) is 17.2. The summed E-state index contributed by atoms with van der Waals surface area (Å²) >= 11 is 0. The number of benzene rings is 1. The maximum atomic E-state index is 12.9. The molecule has 1 aliphatic rings. The van der Waals surface area contributed by atoms with Gasteiger partial charge in [-0.15, -0.1) is 0 Å². The molecule has 0 spiro atoms. The van der Waals surface area contributed by atoms with Crippen LogP contribution in [-0.2, 0) is 21.2 Å². The molecule has 1 fully saturated rings. The maximum Gasteiger partial charge on any atom is 0.248 e. The Bertz CT molecular complexity index is 1200. The first-order chi connectivity index (χ1) is 15.8. The van der Waals surface area contributed by atoms with Crippen LogP contribution in [0, 0.1) is 26.7 Å². The van der Waals surface area contributed by atoms with Crippen molar-refractivity contribution < 1.29 is 22.2 Å². The van der Waals surface area contributed by atoms with Crippen molar-refractivity contribution in [3.8, 4) is 11.5 Å². The first kappa shape index (κ1) is 23.2. The summed E-state index contributed by atoms with van der Waals surface area (Å²) in [7, 11) is -3.68. The van der Waals surface area contributed by atoms with Crippen molar-refractivity contribution in [1.29, 1.82) is 0 Å². The molecule has 1 saturated heterocycles. The molecule has 1 aromatic carbocycles. The van der Waals surface area contributed by atoms with Gasteiger partial charge in [-0.2, -0.15) is 4.31 Å². The number of nitrogens with one attached hydrogen (secondary N) is 1. The molecule has 9 nitrogen and oxygen atoms in total. The molecule has 10 heteroatoms. The lowest BCUT2D eigenvalue weighted by Crippen LogP contribution is -2.43. The van der Waals surface area contributed by atoms with E-state index in [1.54, 1.807) is 20.1 Å². The number of rotatable bonds is 7. The largest absolute Gasteiger partial charge is 0.444 e. The van der Waals surface area contributed by atoms with Crippen LogP contribution in [0.3, 0.4) is 0 Å². The van der Waals surface area contributed by atoms with Crippen molar-refractivity contribution >= 4 is 15.9 Å². The number of amides is 1. The molecule has 33 heavy (non-hydrogen) atoms. The fourth-order valence-electron chi connectivity index (χ4n) is 4.04. The summed E-state index contributed by atoms with van der Waals surface area (Å²) in [5.74, 6) is 0.558. The molecule has 0 aliphatic carbocycles. The molecule has 176 valence electrons. The van der Waals surface area contributed by atoms with Crippen LogP contribution < -0.4 is 5.32 Å². The van der Waals surface area contributed by atoms with Crippen LogP contribution in [0.5, 0.6) is 0 Å². The lowest BCUT2D eigenvalue weighted by molar-refractivity contribution is -0.126. The summed E-state index contributed by atoms with van der Waals surface area (Å²) < 4.78 is 37.8. The fourth-order valence-corrected chi connectivity index (χ4v) is 5.80. The van der Waals surface area contributed by atoms with Crippen molar-refractivity contribution in [2.75, 3.05) is 19.6 Å². The van der Waals surface area contributed by atoms with Gasteiger partial charge >= 0.3 is 0 Å². The van der Waals surface area contributed by atoms with Crippen LogP contribution in [0.15, 0.2) is 44.4 Å². The molecular weight excluding hydrogens is 444 g/mol. The van der Waals surface area contributed by atoms with Crippen molar-refractivity contribution in [3.63, 3.8) is 0 Å². The molecule has 0 atom stereocenters. The van der Waals surface area contributed by atoms with Gasteiger partial charge < -0.3 is 14.3 Å². The molecule has 2 aromatic heterocycles. The van der Waals surface area contributed by atoms with E-state index < -0.39 is 10.0 Å². The van der Waals surface area contributed by atoms with Gasteiger partial charge in [-0.1, -0.05) is 22.9 Å². The normalized spacial score (nSPS) is 15.6. The van der Waals surface area contributed by atoms with Gasteiger partial charge in [0.2, 0.25) is 21.8 Å². The van der Waals surface area contributed by atoms with E-state index in [-0.39, 0.29) is 35.6 Å². The van der Waals surface area contributed by atoms with Gasteiger partial charge in [-0.3, -0.25) is 4.79 Å². The number of carbonyl (C=O) groups is 1. The Hall–Kier alpha value is -2.98. The quantitative estimate of drug-likeness (QED) is 0.561. The van der Waals surface area contributed by atoms with Gasteiger partial charge in [0.25, 0.3) is 0 Å². The summed E-state index contributed by atoms with van der Waals surface area (Å²) in [6.45, 7) is 6.24. The number of aromatic nitrogens is 2. The molecule has 0 radical (unpaired) electrons. The van der Waals surface area contributed by atoms with Gasteiger partial charge in [0.1, 0.15) is 16.9 Å². The second-order valence-corrected chi connectivity index (χ2v) is 10.3. The number of piperidine rings is 1. The van der Waals surface area contributed by atoms with Crippen LogP contribution in [0.4, 0.5) is 0 Å². The van der Waals surface area contributed by atoms with E-state index in [4.69, 9.17) is 8.94 Å². The van der Waals surface area contributed by atoms with Crippen LogP contribution >= 0.6 is 0 Å². The van der Waals surface area contributed by atoms with E-state index in [2.05, 4.69) is 15.5 Å². The van der Waals surface area contributed by atoms with Crippen molar-refractivity contribution in [2.24, 2.45) is 5.92 Å². The Morgan fingerprint density at radius 2 is 1.85 bits per heavy atom. The summed E-state index contributed by atoms with van der Waals surface area (Å²) in [6, 6.07) is 7.94. The number of hydrogen-bond acceptors (Lipinski definition) is 7. The minimum atomic E-state index is -3.68. The first-order valence-corrected chi connectivity index (χ1v) is 12.4. The summed E-state index contributed by atoms with van der Waals surface area (Å²) in [5, 5.41) is 6.69. The van der Waals surface area contributed by atoms with Crippen LogP contribution in [-0.4, -0.2) is 48.4 Å². The maximum absolute atomic E-state index is 12.9. The number of nitrogens with zero attached hydrogens (tertiary/aromatic N) is 3. The molecule has 3 aromatic rings. The molecule has 1 amide bonds. The Balaban J connectivity index is 1.26. The lowest BCUT2D eigenvalue weighted by Gasteiger charge is -2.30. The molecule has 0 bridgehead atoms. The average Bonchev–Trinajstić information content (AvgIpc) is 3.40. The van der Waals surface area contributed by atoms with E-state index in [0.29, 0.717) is 37.4 Å². The van der Waals surface area contributed by atoms with Gasteiger partial charge in [0.05, 0.1) is 5.69 Å². The standard InChI is InChI=1S/C23H28N4O5S/c1-15-4-6-19(7-5-15)23-25-20(14-31-23)8-11-24-22(28)18-9-12-27(13-10-18)33(29,30)21-16(2)26-32-17(21)3/h4-7,14,18H,8-13H2,1-3H3,(H,24,28). The highest BCUT2D eigenvalue weighted by atomic mass is 32.2. The van der Waals surface area contributed by atoms with Crippen molar-refractivity contribution in [2.45, 2.75) is 44.9 Å². The van der Waals surface area contributed by atoms with Gasteiger partial charge in [-0.25, -0.2) is 13.4 Å². The van der Waals surface area contributed by atoms with E-state index >= 15 is 0 Å². The van der Waals surface area contributed by atoms with Gasteiger partial charge in [0.15, 0.2) is 5.76 Å². The minimum Gasteiger partial charge on any atom is -0.444 e. The van der Waals surface area contributed by atoms with Crippen LogP contribution in [0.1, 0.15) is 35.6 Å². The topological polar surface area (TPSA) is 119 Å². The van der Waals surface area contributed by atoms with Crippen molar-refractivity contribution in [1.82, 2.24) is 19.8 Å². The van der Waals surface area contributed by atoms with Gasteiger partial charge in [0, 0.05) is 37.5 Å². The molecule has 0 saturated carbocycles. The van der Waals surface area contributed by atoms with E-state index in [1.807, 2.05) is 31.2 Å². The van der Waals surface area contributed by atoms with Crippen molar-refractivity contribution in [3.05, 3.63) is 53.2 Å². The van der Waals surface area contributed by atoms with Gasteiger partial charge in [-0.05, 0) is 45.7 Å². The Labute approximate surface area is 193 Å². The second kappa shape index (κ2) is 9.48. The third-order valence-corrected chi connectivity index (χ3v) is 8.06. The predicted molar refractivity (Wildman–Crippen MR) is 121 cm³/mol. The smallest absolute Gasteiger partial charge is 0.248 e. The summed E-state index contributed by atoms with van der Waals surface area (Å²) in [6.07, 6.45) is 3.10. The molecular formula is C23H28N4O5S. The minimum absolute atomic E-state index is 0.0633. The molecule has 3 heterocycles. The first-order valence-electron chi connectivity index (χ1n) is 11.0. The highest BCUT2D eigenvalue weighted by Crippen LogP contribution is 2.27. The van der Waals surface area contributed by atoms with E-state index in [9.17, 15) is 13.2 Å². The Morgan fingerprint density at radius 3 is 2.48 bits per heavy atom. The molecule has 4 rings (SSSR count). The van der Waals surface area contributed by atoms with Crippen LogP contribution in [0.2, 0.25) is 0 Å². The number of oxazole rings is 1. The highest BCUT2D eigenvalue weighted by molar-refractivity contribution is 7.89. The number of hydrogen-bond donors (Lipinski definition) is 1. The Kier molecular flexibility index (Phi) is 6.66. The molecule has 1 N–H and O–H groups in total. The predicted octanol–water partition coefficient (Wildman–Crippen LogP) is 3.01. The number of sulfonamides is 1. The zero-order valence-corrected chi connectivity index (χ0v) is 19.8. The van der Waals surface area contributed by atoms with Crippen LogP contribution in [0.25, 0.3) is 11.5 Å². The SMILES string of the molecule is Cc1ccc(-c2nc(CCNC(=O)C3CCN(S(=O)(=O)c4c(C)noc4C)CC3)co2)cc1.